The minimum absolute atomic E-state index is 0.0682. The van der Waals surface area contributed by atoms with Crippen LogP contribution >= 0.6 is 0 Å². The zero-order valence-corrected chi connectivity index (χ0v) is 10.5. The standard InChI is InChI=1S/C11H20N2O4/c1-11(2,9(14)15)12-10(16)13(3)7-8-5-4-6-17-8/h8H,4-7H2,1-3H3,(H,12,16)(H,14,15). The van der Waals surface area contributed by atoms with Gasteiger partial charge < -0.3 is 20.1 Å². The third-order valence-electron chi connectivity index (χ3n) is 2.80. The van der Waals surface area contributed by atoms with Gasteiger partial charge >= 0.3 is 12.0 Å². The number of carboxylic acid groups (broad SMARTS) is 1. The molecule has 0 aromatic heterocycles. The van der Waals surface area contributed by atoms with Crippen LogP contribution in [0.5, 0.6) is 0 Å². The first kappa shape index (κ1) is 13.8. The van der Waals surface area contributed by atoms with E-state index >= 15 is 0 Å². The highest BCUT2D eigenvalue weighted by Crippen LogP contribution is 2.13. The number of carboxylic acids is 1. The number of urea groups is 1. The molecule has 2 amide bonds. The van der Waals surface area contributed by atoms with Crippen LogP contribution in [0.3, 0.4) is 0 Å². The third kappa shape index (κ3) is 3.89. The van der Waals surface area contributed by atoms with Gasteiger partial charge in [-0.3, -0.25) is 0 Å². The van der Waals surface area contributed by atoms with E-state index in [1.807, 2.05) is 0 Å². The molecule has 0 aromatic rings. The van der Waals surface area contributed by atoms with Crippen LogP contribution in [0.15, 0.2) is 0 Å². The summed E-state index contributed by atoms with van der Waals surface area (Å²) in [6.45, 7) is 4.13. The average molecular weight is 244 g/mol. The van der Waals surface area contributed by atoms with Crippen molar-refractivity contribution in [3.63, 3.8) is 0 Å². The number of hydrogen-bond acceptors (Lipinski definition) is 3. The molecule has 0 spiro atoms. The van der Waals surface area contributed by atoms with E-state index in [2.05, 4.69) is 5.32 Å². The fourth-order valence-corrected chi connectivity index (χ4v) is 1.59. The SMILES string of the molecule is CN(CC1CCCO1)C(=O)NC(C)(C)C(=O)O. The summed E-state index contributed by atoms with van der Waals surface area (Å²) in [6.07, 6.45) is 2.03. The van der Waals surface area contributed by atoms with Crippen molar-refractivity contribution in [2.45, 2.75) is 38.3 Å². The molecule has 1 fully saturated rings. The maximum atomic E-state index is 11.7. The van der Waals surface area contributed by atoms with Crippen molar-refractivity contribution in [2.75, 3.05) is 20.2 Å². The highest BCUT2D eigenvalue weighted by Gasteiger charge is 2.30. The summed E-state index contributed by atoms with van der Waals surface area (Å²) in [6, 6.07) is -0.395. The number of ether oxygens (including phenoxy) is 1. The number of amides is 2. The number of carbonyl (C=O) groups excluding carboxylic acids is 1. The first-order valence-corrected chi connectivity index (χ1v) is 5.71. The molecule has 0 aliphatic carbocycles. The molecule has 0 saturated carbocycles. The van der Waals surface area contributed by atoms with E-state index in [0.717, 1.165) is 19.4 Å². The Bertz CT molecular complexity index is 298. The van der Waals surface area contributed by atoms with E-state index in [1.165, 1.54) is 18.7 Å². The summed E-state index contributed by atoms with van der Waals surface area (Å²) < 4.78 is 5.41. The van der Waals surface area contributed by atoms with Gasteiger partial charge in [0, 0.05) is 20.2 Å². The Labute approximate surface area is 101 Å². The monoisotopic (exact) mass is 244 g/mol. The molecular weight excluding hydrogens is 224 g/mol. The van der Waals surface area contributed by atoms with Gasteiger partial charge in [0.15, 0.2) is 0 Å². The van der Waals surface area contributed by atoms with E-state index in [1.54, 1.807) is 7.05 Å². The Balaban J connectivity index is 2.43. The van der Waals surface area contributed by atoms with E-state index in [4.69, 9.17) is 9.84 Å². The van der Waals surface area contributed by atoms with Crippen LogP contribution in [-0.2, 0) is 9.53 Å². The Morgan fingerprint density at radius 3 is 2.65 bits per heavy atom. The smallest absolute Gasteiger partial charge is 0.328 e. The number of likely N-dealkylation sites (N-methyl/N-ethyl adjacent to an activating group) is 1. The normalized spacial score (nSPS) is 20.1. The van der Waals surface area contributed by atoms with E-state index in [-0.39, 0.29) is 6.10 Å². The summed E-state index contributed by atoms with van der Waals surface area (Å²) in [5.74, 6) is -1.06. The molecule has 1 heterocycles. The van der Waals surface area contributed by atoms with Crippen molar-refractivity contribution >= 4 is 12.0 Å². The second-order valence-electron chi connectivity index (χ2n) is 4.88. The van der Waals surface area contributed by atoms with Crippen LogP contribution in [0.1, 0.15) is 26.7 Å². The summed E-state index contributed by atoms with van der Waals surface area (Å²) in [5, 5.41) is 11.4. The van der Waals surface area contributed by atoms with Crippen LogP contribution in [0, 0.1) is 0 Å². The number of aliphatic carboxylic acids is 1. The molecule has 1 saturated heterocycles. The Morgan fingerprint density at radius 2 is 2.18 bits per heavy atom. The lowest BCUT2D eigenvalue weighted by Gasteiger charge is -2.27. The zero-order chi connectivity index (χ0) is 13.1. The Hall–Kier alpha value is -1.30. The van der Waals surface area contributed by atoms with Crippen molar-refractivity contribution in [3.8, 4) is 0 Å². The van der Waals surface area contributed by atoms with Crippen LogP contribution in [0.4, 0.5) is 4.79 Å². The topological polar surface area (TPSA) is 78.9 Å². The molecule has 0 radical (unpaired) electrons. The molecular formula is C11H20N2O4. The predicted octanol–water partition coefficient (Wildman–Crippen LogP) is 0.670. The van der Waals surface area contributed by atoms with Gasteiger partial charge in [0.2, 0.25) is 0 Å². The molecule has 17 heavy (non-hydrogen) atoms. The van der Waals surface area contributed by atoms with Crippen molar-refractivity contribution in [3.05, 3.63) is 0 Å². The highest BCUT2D eigenvalue weighted by atomic mass is 16.5. The van der Waals surface area contributed by atoms with Crippen LogP contribution < -0.4 is 5.32 Å². The molecule has 1 atom stereocenters. The maximum absolute atomic E-state index is 11.7. The number of nitrogens with zero attached hydrogens (tertiary/aromatic N) is 1. The van der Waals surface area contributed by atoms with Crippen LogP contribution in [-0.4, -0.2) is 53.8 Å². The van der Waals surface area contributed by atoms with Crippen LogP contribution in [0.25, 0.3) is 0 Å². The number of nitrogens with one attached hydrogen (secondary N) is 1. The quantitative estimate of drug-likeness (QED) is 0.762. The fraction of sp³-hybridized carbons (Fsp3) is 0.818. The van der Waals surface area contributed by atoms with Gasteiger partial charge in [0.1, 0.15) is 5.54 Å². The Kier molecular flexibility index (Phi) is 4.34. The molecule has 6 heteroatoms. The molecule has 1 rings (SSSR count). The largest absolute Gasteiger partial charge is 0.480 e. The molecule has 0 bridgehead atoms. The molecule has 0 aromatic carbocycles. The van der Waals surface area contributed by atoms with Gasteiger partial charge in [-0.05, 0) is 26.7 Å². The Morgan fingerprint density at radius 1 is 1.53 bits per heavy atom. The second-order valence-corrected chi connectivity index (χ2v) is 4.88. The average Bonchev–Trinajstić information content (AvgIpc) is 2.69. The molecule has 1 aliphatic rings. The summed E-state index contributed by atoms with van der Waals surface area (Å²) in [5.41, 5.74) is -1.26. The summed E-state index contributed by atoms with van der Waals surface area (Å²) >= 11 is 0. The van der Waals surface area contributed by atoms with Gasteiger partial charge in [0.05, 0.1) is 6.10 Å². The number of rotatable bonds is 4. The van der Waals surface area contributed by atoms with Crippen molar-refractivity contribution in [1.82, 2.24) is 10.2 Å². The van der Waals surface area contributed by atoms with Crippen LogP contribution in [0.2, 0.25) is 0 Å². The minimum Gasteiger partial charge on any atom is -0.480 e. The summed E-state index contributed by atoms with van der Waals surface area (Å²) in [7, 11) is 1.63. The lowest BCUT2D eigenvalue weighted by molar-refractivity contribution is -0.143. The van der Waals surface area contributed by atoms with Crippen molar-refractivity contribution in [2.24, 2.45) is 0 Å². The highest BCUT2D eigenvalue weighted by molar-refractivity contribution is 5.85. The lowest BCUT2D eigenvalue weighted by atomic mass is 10.1. The predicted molar refractivity (Wildman–Crippen MR) is 61.9 cm³/mol. The molecule has 1 aliphatic heterocycles. The number of carbonyl (C=O) groups is 2. The minimum atomic E-state index is -1.26. The molecule has 6 nitrogen and oxygen atoms in total. The van der Waals surface area contributed by atoms with Gasteiger partial charge in [0.25, 0.3) is 0 Å². The fourth-order valence-electron chi connectivity index (χ4n) is 1.59. The van der Waals surface area contributed by atoms with Gasteiger partial charge in [-0.15, -0.1) is 0 Å². The first-order valence-electron chi connectivity index (χ1n) is 5.71. The molecule has 2 N–H and O–H groups in total. The second kappa shape index (κ2) is 5.35. The van der Waals surface area contributed by atoms with Gasteiger partial charge in [-0.2, -0.15) is 0 Å². The van der Waals surface area contributed by atoms with E-state index in [9.17, 15) is 9.59 Å². The lowest BCUT2D eigenvalue weighted by Crippen LogP contribution is -2.54. The molecule has 1 unspecified atom stereocenters. The van der Waals surface area contributed by atoms with Crippen molar-refractivity contribution < 1.29 is 19.4 Å². The maximum Gasteiger partial charge on any atom is 0.328 e. The summed E-state index contributed by atoms with van der Waals surface area (Å²) in [4.78, 5) is 24.1. The zero-order valence-electron chi connectivity index (χ0n) is 10.5. The van der Waals surface area contributed by atoms with Crippen molar-refractivity contribution in [1.29, 1.82) is 0 Å². The van der Waals surface area contributed by atoms with Gasteiger partial charge in [-0.1, -0.05) is 0 Å². The van der Waals surface area contributed by atoms with E-state index in [0.29, 0.717) is 6.54 Å². The number of hydrogen-bond donors (Lipinski definition) is 2. The van der Waals surface area contributed by atoms with Gasteiger partial charge in [-0.25, -0.2) is 9.59 Å². The molecule has 98 valence electrons. The van der Waals surface area contributed by atoms with E-state index < -0.39 is 17.5 Å². The first-order chi connectivity index (χ1) is 7.83. The third-order valence-corrected chi connectivity index (χ3v) is 2.80.